The van der Waals surface area contributed by atoms with Gasteiger partial charge in [-0.3, -0.25) is 4.79 Å². The molecule has 29 heavy (non-hydrogen) atoms. The molecule has 0 aliphatic heterocycles. The number of carbonyl (C=O) groups excluding carboxylic acids is 2. The number of aromatic nitrogens is 1. The van der Waals surface area contributed by atoms with Gasteiger partial charge in [-0.2, -0.15) is 0 Å². The van der Waals surface area contributed by atoms with Crippen LogP contribution in [0.15, 0.2) is 76.8 Å². The van der Waals surface area contributed by atoms with E-state index in [1.165, 1.54) is 11.8 Å². The Morgan fingerprint density at radius 1 is 1.10 bits per heavy atom. The summed E-state index contributed by atoms with van der Waals surface area (Å²) in [5.41, 5.74) is 0.997. The molecule has 1 amide bonds. The average Bonchev–Trinajstić information content (AvgIpc) is 2.74. The monoisotopic (exact) mass is 444 g/mol. The van der Waals surface area contributed by atoms with Crippen molar-refractivity contribution in [1.29, 1.82) is 0 Å². The lowest BCUT2D eigenvalue weighted by Gasteiger charge is -2.10. The Hall–Kier alpha value is -2.48. The van der Waals surface area contributed by atoms with Crippen LogP contribution >= 0.6 is 35.1 Å². The number of rotatable bonds is 7. The van der Waals surface area contributed by atoms with Gasteiger partial charge >= 0.3 is 5.97 Å². The van der Waals surface area contributed by atoms with E-state index in [9.17, 15) is 9.59 Å². The van der Waals surface area contributed by atoms with Crippen LogP contribution in [0.3, 0.4) is 0 Å². The SMILES string of the molecule is CSc1cccc(NC(=O)CSc2ncccc2C(=O)Oc2ccccc2Cl)c1. The maximum absolute atomic E-state index is 12.6. The van der Waals surface area contributed by atoms with E-state index in [1.807, 2.05) is 30.5 Å². The third kappa shape index (κ3) is 6.00. The standard InChI is InChI=1S/C21H17ClN2O3S2/c1-28-15-7-4-6-14(12-15)24-19(25)13-29-20-16(8-5-11-23-20)21(26)27-18-10-3-2-9-17(18)22/h2-12H,13H2,1H3,(H,24,25). The lowest BCUT2D eigenvalue weighted by atomic mass is 10.3. The van der Waals surface area contributed by atoms with Gasteiger partial charge in [-0.1, -0.05) is 41.6 Å². The number of pyridine rings is 1. The van der Waals surface area contributed by atoms with Crippen LogP contribution in [0, 0.1) is 0 Å². The predicted octanol–water partition coefficient (Wildman–Crippen LogP) is 5.41. The van der Waals surface area contributed by atoms with E-state index in [2.05, 4.69) is 10.3 Å². The van der Waals surface area contributed by atoms with Crippen molar-refractivity contribution in [3.63, 3.8) is 0 Å². The highest BCUT2D eigenvalue weighted by atomic mass is 35.5. The molecule has 0 aliphatic rings. The van der Waals surface area contributed by atoms with Crippen molar-refractivity contribution in [1.82, 2.24) is 4.98 Å². The fraction of sp³-hybridized carbons (Fsp3) is 0.0952. The van der Waals surface area contributed by atoms with Crippen molar-refractivity contribution in [2.24, 2.45) is 0 Å². The van der Waals surface area contributed by atoms with E-state index in [1.54, 1.807) is 54.4 Å². The number of benzene rings is 2. The number of ether oxygens (including phenoxy) is 1. The molecule has 1 aromatic heterocycles. The number of para-hydroxylation sites is 1. The van der Waals surface area contributed by atoms with Crippen LogP contribution < -0.4 is 10.1 Å². The lowest BCUT2D eigenvalue weighted by Crippen LogP contribution is -2.15. The molecule has 0 aliphatic carbocycles. The molecule has 8 heteroatoms. The second kappa shape index (κ2) is 10.3. The summed E-state index contributed by atoms with van der Waals surface area (Å²) in [6.45, 7) is 0. The van der Waals surface area contributed by atoms with E-state index in [0.717, 1.165) is 10.6 Å². The van der Waals surface area contributed by atoms with Gasteiger partial charge in [-0.05, 0) is 48.7 Å². The van der Waals surface area contributed by atoms with Gasteiger partial charge in [0.05, 0.1) is 16.3 Å². The molecule has 148 valence electrons. The Morgan fingerprint density at radius 2 is 1.93 bits per heavy atom. The molecule has 0 fully saturated rings. The van der Waals surface area contributed by atoms with Crippen LogP contribution in [0.5, 0.6) is 5.75 Å². The summed E-state index contributed by atoms with van der Waals surface area (Å²) in [6.07, 6.45) is 3.54. The maximum atomic E-state index is 12.6. The zero-order chi connectivity index (χ0) is 20.6. The van der Waals surface area contributed by atoms with Gasteiger partial charge in [-0.15, -0.1) is 11.8 Å². The van der Waals surface area contributed by atoms with Gasteiger partial charge in [0, 0.05) is 16.8 Å². The zero-order valence-corrected chi connectivity index (χ0v) is 17.8. The molecular weight excluding hydrogens is 428 g/mol. The summed E-state index contributed by atoms with van der Waals surface area (Å²) in [7, 11) is 0. The van der Waals surface area contributed by atoms with Crippen LogP contribution in [-0.2, 0) is 4.79 Å². The third-order valence-electron chi connectivity index (χ3n) is 3.72. The number of carbonyl (C=O) groups is 2. The predicted molar refractivity (Wildman–Crippen MR) is 118 cm³/mol. The average molecular weight is 445 g/mol. The summed E-state index contributed by atoms with van der Waals surface area (Å²) in [5.74, 6) is -0.399. The topological polar surface area (TPSA) is 68.3 Å². The minimum atomic E-state index is -0.582. The van der Waals surface area contributed by atoms with E-state index >= 15 is 0 Å². The van der Waals surface area contributed by atoms with Gasteiger partial charge in [0.15, 0.2) is 0 Å². The third-order valence-corrected chi connectivity index (χ3v) is 5.77. The number of thioether (sulfide) groups is 2. The molecule has 0 saturated heterocycles. The quantitative estimate of drug-likeness (QED) is 0.298. The van der Waals surface area contributed by atoms with Crippen molar-refractivity contribution in [2.75, 3.05) is 17.3 Å². The smallest absolute Gasteiger partial charge is 0.346 e. The van der Waals surface area contributed by atoms with Crippen LogP contribution in [0.4, 0.5) is 5.69 Å². The number of hydrogen-bond donors (Lipinski definition) is 1. The first-order valence-electron chi connectivity index (χ1n) is 8.55. The Kier molecular flexibility index (Phi) is 7.57. The van der Waals surface area contributed by atoms with E-state index in [-0.39, 0.29) is 23.0 Å². The Morgan fingerprint density at radius 3 is 2.72 bits per heavy atom. The van der Waals surface area contributed by atoms with Gasteiger partial charge in [-0.25, -0.2) is 9.78 Å². The number of esters is 1. The van der Waals surface area contributed by atoms with Crippen LogP contribution in [0.1, 0.15) is 10.4 Å². The van der Waals surface area contributed by atoms with Gasteiger partial charge in [0.1, 0.15) is 10.8 Å². The summed E-state index contributed by atoms with van der Waals surface area (Å²) in [4.78, 5) is 30.1. The van der Waals surface area contributed by atoms with Crippen molar-refractivity contribution in [2.45, 2.75) is 9.92 Å². The molecule has 2 aromatic carbocycles. The Bertz CT molecular complexity index is 1030. The minimum absolute atomic E-state index is 0.104. The van der Waals surface area contributed by atoms with Gasteiger partial charge in [0.25, 0.3) is 0 Å². The Labute approximate surface area is 182 Å². The largest absolute Gasteiger partial charge is 0.421 e. The second-order valence-corrected chi connectivity index (χ2v) is 8.00. The summed E-state index contributed by atoms with van der Waals surface area (Å²) >= 11 is 8.81. The molecular formula is C21H17ClN2O3S2. The fourth-order valence-electron chi connectivity index (χ4n) is 2.38. The van der Waals surface area contributed by atoms with E-state index in [0.29, 0.717) is 10.0 Å². The molecule has 0 unspecified atom stereocenters. The molecule has 0 radical (unpaired) electrons. The molecule has 0 bridgehead atoms. The molecule has 1 heterocycles. The number of anilines is 1. The highest BCUT2D eigenvalue weighted by Crippen LogP contribution is 2.26. The number of halogens is 1. The highest BCUT2D eigenvalue weighted by molar-refractivity contribution is 8.00. The highest BCUT2D eigenvalue weighted by Gasteiger charge is 2.17. The molecule has 3 rings (SSSR count). The van der Waals surface area contributed by atoms with Gasteiger partial charge < -0.3 is 10.1 Å². The lowest BCUT2D eigenvalue weighted by molar-refractivity contribution is -0.113. The van der Waals surface area contributed by atoms with Crippen molar-refractivity contribution in [3.05, 3.63) is 77.4 Å². The molecule has 1 N–H and O–H groups in total. The molecule has 3 aromatic rings. The number of nitrogens with zero attached hydrogens (tertiary/aromatic N) is 1. The first-order chi connectivity index (χ1) is 14.1. The summed E-state index contributed by atoms with van der Waals surface area (Å²) in [5, 5.41) is 3.60. The first kappa shape index (κ1) is 21.2. The molecule has 0 atom stereocenters. The normalized spacial score (nSPS) is 10.4. The molecule has 0 spiro atoms. The van der Waals surface area contributed by atoms with Crippen molar-refractivity contribution < 1.29 is 14.3 Å². The minimum Gasteiger partial charge on any atom is -0.421 e. The van der Waals surface area contributed by atoms with Crippen LogP contribution in [0.2, 0.25) is 5.02 Å². The number of amides is 1. The van der Waals surface area contributed by atoms with Crippen LogP contribution in [-0.4, -0.2) is 28.9 Å². The summed E-state index contributed by atoms with van der Waals surface area (Å²) in [6, 6.07) is 17.6. The second-order valence-electron chi connectivity index (χ2n) is 5.74. The van der Waals surface area contributed by atoms with Crippen molar-refractivity contribution >= 4 is 52.7 Å². The van der Waals surface area contributed by atoms with E-state index < -0.39 is 5.97 Å². The molecule has 5 nitrogen and oxygen atoms in total. The molecule has 0 saturated carbocycles. The zero-order valence-electron chi connectivity index (χ0n) is 15.4. The van der Waals surface area contributed by atoms with Crippen LogP contribution in [0.25, 0.3) is 0 Å². The first-order valence-corrected chi connectivity index (χ1v) is 11.1. The van der Waals surface area contributed by atoms with Gasteiger partial charge in [0.2, 0.25) is 5.91 Å². The van der Waals surface area contributed by atoms with Crippen molar-refractivity contribution in [3.8, 4) is 5.75 Å². The fourth-order valence-corrected chi connectivity index (χ4v) is 3.79. The Balaban J connectivity index is 1.65. The van der Waals surface area contributed by atoms with E-state index in [4.69, 9.17) is 16.3 Å². The summed E-state index contributed by atoms with van der Waals surface area (Å²) < 4.78 is 5.37. The maximum Gasteiger partial charge on any atom is 0.346 e. The number of nitrogens with one attached hydrogen (secondary N) is 1. The number of hydrogen-bond acceptors (Lipinski definition) is 6.